The van der Waals surface area contributed by atoms with Crippen LogP contribution in [0, 0.1) is 0 Å². The molecule has 0 bridgehead atoms. The van der Waals surface area contributed by atoms with Crippen LogP contribution in [0.5, 0.6) is 5.75 Å². The van der Waals surface area contributed by atoms with Gasteiger partial charge >= 0.3 is 5.97 Å². The van der Waals surface area contributed by atoms with Crippen LogP contribution in [0.25, 0.3) is 0 Å². The minimum Gasteiger partial charge on any atom is -0.497 e. The van der Waals surface area contributed by atoms with Crippen LogP contribution in [-0.2, 0) is 19.9 Å². The van der Waals surface area contributed by atoms with Crippen molar-refractivity contribution in [3.05, 3.63) is 35.9 Å². The van der Waals surface area contributed by atoms with Crippen molar-refractivity contribution >= 4 is 17.6 Å². The zero-order valence-corrected chi connectivity index (χ0v) is 9.78. The van der Waals surface area contributed by atoms with Crippen molar-refractivity contribution < 1.29 is 19.1 Å². The first-order valence-corrected chi connectivity index (χ1v) is 5.48. The monoisotopic (exact) mass is 245 g/mol. The standard InChI is InChI=1S/C13H11NO4/c1-7-6-13(18-11(7)15)9-5-8(17-2)3-4-10(9)14-12(13)16/h3-5H,1,6H2,2H3,(H,14,16). The normalized spacial score (nSPS) is 25.1. The number of methoxy groups -OCH3 is 1. The molecule has 2 aliphatic heterocycles. The third kappa shape index (κ3) is 1.21. The quantitative estimate of drug-likeness (QED) is 0.599. The maximum Gasteiger partial charge on any atom is 0.335 e. The van der Waals surface area contributed by atoms with Gasteiger partial charge in [0.1, 0.15) is 5.75 Å². The fourth-order valence-corrected chi connectivity index (χ4v) is 2.36. The second kappa shape index (κ2) is 3.35. The molecule has 1 amide bonds. The fraction of sp³-hybridized carbons (Fsp3) is 0.231. The molecule has 0 aromatic heterocycles. The molecule has 1 N–H and O–H groups in total. The van der Waals surface area contributed by atoms with Crippen molar-refractivity contribution in [1.29, 1.82) is 0 Å². The third-order valence-electron chi connectivity index (χ3n) is 3.29. The Labute approximate surface area is 103 Å². The highest BCUT2D eigenvalue weighted by Crippen LogP contribution is 2.48. The van der Waals surface area contributed by atoms with Gasteiger partial charge in [-0.05, 0) is 18.2 Å². The third-order valence-corrected chi connectivity index (χ3v) is 3.29. The van der Waals surface area contributed by atoms with Crippen LogP contribution in [0.3, 0.4) is 0 Å². The zero-order chi connectivity index (χ0) is 12.9. The Morgan fingerprint density at radius 1 is 1.44 bits per heavy atom. The Morgan fingerprint density at radius 3 is 2.83 bits per heavy atom. The van der Waals surface area contributed by atoms with Crippen LogP contribution < -0.4 is 10.1 Å². The zero-order valence-electron chi connectivity index (χ0n) is 9.78. The average molecular weight is 245 g/mol. The molecule has 1 aromatic rings. The first-order chi connectivity index (χ1) is 8.56. The number of nitrogens with one attached hydrogen (secondary N) is 1. The van der Waals surface area contributed by atoms with Crippen LogP contribution in [0.4, 0.5) is 5.69 Å². The van der Waals surface area contributed by atoms with Crippen LogP contribution in [0.2, 0.25) is 0 Å². The van der Waals surface area contributed by atoms with Gasteiger partial charge in [-0.25, -0.2) is 4.79 Å². The number of benzene rings is 1. The highest BCUT2D eigenvalue weighted by Gasteiger charge is 2.55. The molecule has 5 nitrogen and oxygen atoms in total. The first kappa shape index (κ1) is 10.8. The maximum absolute atomic E-state index is 12.1. The largest absolute Gasteiger partial charge is 0.497 e. The van der Waals surface area contributed by atoms with Crippen LogP contribution in [0.15, 0.2) is 30.4 Å². The van der Waals surface area contributed by atoms with Gasteiger partial charge in [0.2, 0.25) is 5.60 Å². The smallest absolute Gasteiger partial charge is 0.335 e. The molecule has 2 aliphatic rings. The van der Waals surface area contributed by atoms with Crippen molar-refractivity contribution in [2.75, 3.05) is 12.4 Å². The summed E-state index contributed by atoms with van der Waals surface area (Å²) in [7, 11) is 1.54. The molecule has 0 aliphatic carbocycles. The topological polar surface area (TPSA) is 64.6 Å². The van der Waals surface area contributed by atoms with Gasteiger partial charge in [0.05, 0.1) is 7.11 Å². The van der Waals surface area contributed by atoms with Crippen LogP contribution in [-0.4, -0.2) is 19.0 Å². The van der Waals surface area contributed by atoms with E-state index in [1.807, 2.05) is 0 Å². The molecule has 1 unspecified atom stereocenters. The molecule has 2 heterocycles. The Hall–Kier alpha value is -2.30. The van der Waals surface area contributed by atoms with Crippen molar-refractivity contribution in [2.45, 2.75) is 12.0 Å². The minimum atomic E-state index is -1.27. The second-order valence-corrected chi connectivity index (χ2v) is 4.36. The molecule has 1 fully saturated rings. The summed E-state index contributed by atoms with van der Waals surface area (Å²) in [5.41, 5.74) is 0.306. The molecule has 18 heavy (non-hydrogen) atoms. The number of carbonyl (C=O) groups excluding carboxylic acids is 2. The molecular weight excluding hydrogens is 234 g/mol. The lowest BCUT2D eigenvalue weighted by atomic mass is 9.91. The summed E-state index contributed by atoms with van der Waals surface area (Å²) in [6, 6.07) is 5.18. The van der Waals surface area contributed by atoms with Gasteiger partial charge in [-0.2, -0.15) is 0 Å². The molecule has 1 atom stereocenters. The molecular formula is C13H11NO4. The Balaban J connectivity index is 2.17. The van der Waals surface area contributed by atoms with Crippen molar-refractivity contribution in [3.63, 3.8) is 0 Å². The predicted molar refractivity (Wildman–Crippen MR) is 63.2 cm³/mol. The van der Waals surface area contributed by atoms with Gasteiger partial charge in [0.25, 0.3) is 5.91 Å². The van der Waals surface area contributed by atoms with Gasteiger partial charge < -0.3 is 14.8 Å². The van der Waals surface area contributed by atoms with Crippen LogP contribution in [0.1, 0.15) is 12.0 Å². The number of hydrogen-bond acceptors (Lipinski definition) is 4. The predicted octanol–water partition coefficient (Wildman–Crippen LogP) is 1.35. The number of ether oxygens (including phenoxy) is 2. The highest BCUT2D eigenvalue weighted by molar-refractivity contribution is 6.09. The van der Waals surface area contributed by atoms with Gasteiger partial charge in [0, 0.05) is 23.2 Å². The number of amides is 1. The van der Waals surface area contributed by atoms with E-state index in [2.05, 4.69) is 11.9 Å². The maximum atomic E-state index is 12.1. The molecule has 1 aromatic carbocycles. The summed E-state index contributed by atoms with van der Waals surface area (Å²) in [5.74, 6) is -0.253. The Morgan fingerprint density at radius 2 is 2.22 bits per heavy atom. The SMILES string of the molecule is C=C1CC2(OC1=O)C(=O)Nc1ccc(OC)cc12. The molecule has 5 heteroatoms. The van der Waals surface area contributed by atoms with E-state index in [0.717, 1.165) is 0 Å². The van der Waals surface area contributed by atoms with Crippen molar-refractivity contribution in [3.8, 4) is 5.75 Å². The molecule has 92 valence electrons. The van der Waals surface area contributed by atoms with Crippen molar-refractivity contribution in [2.24, 2.45) is 0 Å². The number of fused-ring (bicyclic) bond motifs is 2. The number of hydrogen-bond donors (Lipinski definition) is 1. The van der Waals surface area contributed by atoms with Gasteiger partial charge in [-0.15, -0.1) is 0 Å². The fourth-order valence-electron chi connectivity index (χ4n) is 2.36. The van der Waals surface area contributed by atoms with Crippen molar-refractivity contribution in [1.82, 2.24) is 0 Å². The lowest BCUT2D eigenvalue weighted by molar-refractivity contribution is -0.155. The molecule has 0 radical (unpaired) electrons. The van der Waals surface area contributed by atoms with E-state index in [9.17, 15) is 9.59 Å². The lowest BCUT2D eigenvalue weighted by Gasteiger charge is -2.19. The molecule has 0 saturated carbocycles. The summed E-state index contributed by atoms with van der Waals surface area (Å²) < 4.78 is 10.4. The van der Waals surface area contributed by atoms with E-state index in [4.69, 9.17) is 9.47 Å². The summed E-state index contributed by atoms with van der Waals surface area (Å²) >= 11 is 0. The van der Waals surface area contributed by atoms with Gasteiger partial charge in [-0.1, -0.05) is 6.58 Å². The second-order valence-electron chi connectivity index (χ2n) is 4.36. The Bertz CT molecular complexity index is 575. The average Bonchev–Trinajstić information content (AvgIpc) is 2.79. The van der Waals surface area contributed by atoms with Crippen LogP contribution >= 0.6 is 0 Å². The number of anilines is 1. The van der Waals surface area contributed by atoms with E-state index >= 15 is 0 Å². The van der Waals surface area contributed by atoms with E-state index in [-0.39, 0.29) is 12.3 Å². The van der Waals surface area contributed by atoms with E-state index in [1.165, 1.54) is 7.11 Å². The van der Waals surface area contributed by atoms with Gasteiger partial charge in [0.15, 0.2) is 0 Å². The molecule has 1 spiro atoms. The number of rotatable bonds is 1. The summed E-state index contributed by atoms with van der Waals surface area (Å²) in [6.07, 6.45) is 0.178. The van der Waals surface area contributed by atoms with E-state index < -0.39 is 11.6 Å². The molecule has 1 saturated heterocycles. The highest BCUT2D eigenvalue weighted by atomic mass is 16.6. The number of carbonyl (C=O) groups is 2. The summed E-state index contributed by atoms with van der Waals surface area (Å²) in [6.45, 7) is 3.62. The number of esters is 1. The summed E-state index contributed by atoms with van der Waals surface area (Å²) in [5, 5.41) is 2.71. The van der Waals surface area contributed by atoms with E-state index in [1.54, 1.807) is 18.2 Å². The van der Waals surface area contributed by atoms with E-state index in [0.29, 0.717) is 22.6 Å². The lowest BCUT2D eigenvalue weighted by Crippen LogP contribution is -2.33. The molecule has 3 rings (SSSR count). The Kier molecular flexibility index (Phi) is 2.02. The first-order valence-electron chi connectivity index (χ1n) is 5.48. The van der Waals surface area contributed by atoms with Gasteiger partial charge in [-0.3, -0.25) is 4.79 Å². The minimum absolute atomic E-state index is 0.178. The summed E-state index contributed by atoms with van der Waals surface area (Å²) in [4.78, 5) is 23.6.